The lowest BCUT2D eigenvalue weighted by Crippen LogP contribution is -2.23. The molecule has 2 heterocycles. The quantitative estimate of drug-likeness (QED) is 0.819. The van der Waals surface area contributed by atoms with E-state index in [2.05, 4.69) is 20.5 Å². The van der Waals surface area contributed by atoms with Gasteiger partial charge in [-0.1, -0.05) is 11.8 Å². The summed E-state index contributed by atoms with van der Waals surface area (Å²) in [7, 11) is 0. The van der Waals surface area contributed by atoms with Crippen molar-refractivity contribution in [1.82, 2.24) is 15.2 Å². The van der Waals surface area contributed by atoms with Gasteiger partial charge in [-0.3, -0.25) is 14.7 Å². The number of anilines is 2. The minimum atomic E-state index is -0.119. The molecule has 22 heavy (non-hydrogen) atoms. The van der Waals surface area contributed by atoms with Gasteiger partial charge in [0.1, 0.15) is 6.33 Å². The highest BCUT2D eigenvalue weighted by Crippen LogP contribution is 2.23. The second-order valence-electron chi connectivity index (χ2n) is 4.82. The number of hydrogen-bond acceptors (Lipinski definition) is 5. The van der Waals surface area contributed by atoms with Crippen LogP contribution in [0.15, 0.2) is 35.7 Å². The molecule has 1 saturated heterocycles. The molecule has 2 amide bonds. The summed E-state index contributed by atoms with van der Waals surface area (Å²) in [5.74, 6) is 0.285. The smallest absolute Gasteiger partial charge is 0.234 e. The summed E-state index contributed by atoms with van der Waals surface area (Å²) >= 11 is 1.28. The molecule has 2 aromatic rings. The van der Waals surface area contributed by atoms with Gasteiger partial charge in [-0.25, -0.2) is 4.98 Å². The summed E-state index contributed by atoms with van der Waals surface area (Å²) in [6, 6.07) is 7.31. The number of amides is 2. The Labute approximate surface area is 131 Å². The topological polar surface area (TPSA) is 91.0 Å². The largest absolute Gasteiger partial charge is 0.325 e. The molecule has 1 aliphatic heterocycles. The second kappa shape index (κ2) is 6.61. The van der Waals surface area contributed by atoms with Crippen molar-refractivity contribution in [3.8, 4) is 0 Å². The van der Waals surface area contributed by atoms with Crippen LogP contribution in [0, 0.1) is 0 Å². The van der Waals surface area contributed by atoms with Crippen LogP contribution >= 0.6 is 11.8 Å². The molecule has 1 fully saturated rings. The van der Waals surface area contributed by atoms with E-state index < -0.39 is 0 Å². The van der Waals surface area contributed by atoms with Crippen LogP contribution in [0.1, 0.15) is 12.8 Å². The molecule has 3 rings (SSSR count). The number of hydrogen-bond donors (Lipinski definition) is 2. The number of aromatic nitrogens is 3. The predicted molar refractivity (Wildman–Crippen MR) is 83.8 cm³/mol. The zero-order valence-corrected chi connectivity index (χ0v) is 12.6. The first-order valence-electron chi connectivity index (χ1n) is 6.91. The summed E-state index contributed by atoms with van der Waals surface area (Å²) in [6.45, 7) is 0.762. The number of nitrogens with one attached hydrogen (secondary N) is 2. The molecule has 2 N–H and O–H groups in total. The molecular formula is C14H15N5O2S. The van der Waals surface area contributed by atoms with E-state index in [0.29, 0.717) is 17.3 Å². The molecule has 7 nitrogen and oxygen atoms in total. The van der Waals surface area contributed by atoms with Crippen LogP contribution in [0.25, 0.3) is 0 Å². The third-order valence-electron chi connectivity index (χ3n) is 3.27. The molecule has 0 radical (unpaired) electrons. The maximum Gasteiger partial charge on any atom is 0.234 e. The van der Waals surface area contributed by atoms with Crippen LogP contribution in [0.3, 0.4) is 0 Å². The average Bonchev–Trinajstić information content (AvgIpc) is 3.17. The maximum atomic E-state index is 11.8. The maximum absolute atomic E-state index is 11.8. The number of carbonyl (C=O) groups excluding carboxylic acids is 2. The number of aromatic amines is 1. The van der Waals surface area contributed by atoms with Crippen LogP contribution in [0.5, 0.6) is 0 Å². The summed E-state index contributed by atoms with van der Waals surface area (Å²) in [4.78, 5) is 29.2. The van der Waals surface area contributed by atoms with Crippen molar-refractivity contribution >= 4 is 35.0 Å². The zero-order valence-electron chi connectivity index (χ0n) is 11.8. The Balaban J connectivity index is 1.54. The fourth-order valence-corrected chi connectivity index (χ4v) is 2.82. The van der Waals surface area contributed by atoms with Gasteiger partial charge in [-0.05, 0) is 30.7 Å². The van der Waals surface area contributed by atoms with Crippen LogP contribution in [-0.4, -0.2) is 39.3 Å². The van der Waals surface area contributed by atoms with E-state index in [1.807, 2.05) is 12.1 Å². The monoisotopic (exact) mass is 317 g/mol. The Morgan fingerprint density at radius 1 is 1.36 bits per heavy atom. The highest BCUT2D eigenvalue weighted by atomic mass is 32.2. The van der Waals surface area contributed by atoms with Crippen molar-refractivity contribution in [1.29, 1.82) is 0 Å². The van der Waals surface area contributed by atoms with Gasteiger partial charge in [-0.2, -0.15) is 5.10 Å². The number of H-pyrrole nitrogens is 1. The molecule has 1 aromatic carbocycles. The van der Waals surface area contributed by atoms with Crippen molar-refractivity contribution < 1.29 is 9.59 Å². The molecule has 114 valence electrons. The number of benzene rings is 1. The average molecular weight is 317 g/mol. The Hall–Kier alpha value is -2.35. The zero-order chi connectivity index (χ0) is 15.4. The third-order valence-corrected chi connectivity index (χ3v) is 4.15. The highest BCUT2D eigenvalue weighted by Gasteiger charge is 2.21. The van der Waals surface area contributed by atoms with E-state index in [0.717, 1.165) is 18.7 Å². The first kappa shape index (κ1) is 14.6. The lowest BCUT2D eigenvalue weighted by atomic mass is 10.2. The van der Waals surface area contributed by atoms with Gasteiger partial charge in [0.15, 0.2) is 5.16 Å². The van der Waals surface area contributed by atoms with E-state index in [-0.39, 0.29) is 17.6 Å². The van der Waals surface area contributed by atoms with Crippen LogP contribution in [0.2, 0.25) is 0 Å². The number of nitrogens with zero attached hydrogens (tertiary/aromatic N) is 3. The van der Waals surface area contributed by atoms with E-state index in [4.69, 9.17) is 0 Å². The predicted octanol–water partition coefficient (Wildman–Crippen LogP) is 1.66. The Kier molecular flexibility index (Phi) is 4.38. The van der Waals surface area contributed by atoms with Crippen molar-refractivity contribution in [2.75, 3.05) is 22.5 Å². The van der Waals surface area contributed by atoms with Gasteiger partial charge in [0, 0.05) is 24.3 Å². The van der Waals surface area contributed by atoms with E-state index in [1.54, 1.807) is 17.0 Å². The van der Waals surface area contributed by atoms with Crippen LogP contribution in [0.4, 0.5) is 11.4 Å². The molecule has 8 heteroatoms. The molecular weight excluding hydrogens is 302 g/mol. The fraction of sp³-hybridized carbons (Fsp3) is 0.286. The Bertz CT molecular complexity index is 656. The first-order chi connectivity index (χ1) is 10.7. The molecule has 0 spiro atoms. The highest BCUT2D eigenvalue weighted by molar-refractivity contribution is 7.99. The van der Waals surface area contributed by atoms with Gasteiger partial charge < -0.3 is 10.2 Å². The normalized spacial score (nSPS) is 14.4. The molecule has 0 saturated carbocycles. The molecule has 0 atom stereocenters. The summed E-state index contributed by atoms with van der Waals surface area (Å²) in [5, 5.41) is 9.82. The number of rotatable bonds is 5. The van der Waals surface area contributed by atoms with Crippen LogP contribution < -0.4 is 10.2 Å². The Morgan fingerprint density at radius 2 is 2.18 bits per heavy atom. The molecule has 1 aromatic heterocycles. The van der Waals surface area contributed by atoms with Crippen molar-refractivity contribution in [3.05, 3.63) is 30.6 Å². The third kappa shape index (κ3) is 3.45. The van der Waals surface area contributed by atoms with Gasteiger partial charge >= 0.3 is 0 Å². The lowest BCUT2D eigenvalue weighted by molar-refractivity contribution is -0.117. The minimum absolute atomic E-state index is 0.119. The first-order valence-corrected chi connectivity index (χ1v) is 7.89. The van der Waals surface area contributed by atoms with E-state index in [9.17, 15) is 9.59 Å². The number of carbonyl (C=O) groups is 2. The lowest BCUT2D eigenvalue weighted by Gasteiger charge is -2.16. The minimum Gasteiger partial charge on any atom is -0.325 e. The number of thioether (sulfide) groups is 1. The summed E-state index contributed by atoms with van der Waals surface area (Å²) in [6.07, 6.45) is 2.91. The molecule has 1 aliphatic rings. The van der Waals surface area contributed by atoms with Crippen LogP contribution in [-0.2, 0) is 9.59 Å². The van der Waals surface area contributed by atoms with Gasteiger partial charge in [0.05, 0.1) is 5.75 Å². The van der Waals surface area contributed by atoms with Crippen molar-refractivity contribution in [3.63, 3.8) is 0 Å². The molecule has 0 aliphatic carbocycles. The van der Waals surface area contributed by atoms with E-state index >= 15 is 0 Å². The molecule has 0 unspecified atom stereocenters. The SMILES string of the molecule is O=C(CSc1ncn[nH]1)Nc1ccc(N2CCCC2=O)cc1. The molecule has 0 bridgehead atoms. The van der Waals surface area contributed by atoms with Crippen molar-refractivity contribution in [2.45, 2.75) is 18.0 Å². The van der Waals surface area contributed by atoms with Crippen molar-refractivity contribution in [2.24, 2.45) is 0 Å². The fourth-order valence-electron chi connectivity index (χ4n) is 2.24. The summed E-state index contributed by atoms with van der Waals surface area (Å²) in [5.41, 5.74) is 1.58. The Morgan fingerprint density at radius 3 is 2.82 bits per heavy atom. The standard InChI is InChI=1S/C14H15N5O2S/c20-12(8-22-14-15-9-16-18-14)17-10-3-5-11(6-4-10)19-7-1-2-13(19)21/h3-6,9H,1-2,7-8H2,(H,17,20)(H,15,16,18). The van der Waals surface area contributed by atoms with Gasteiger partial charge in [0.2, 0.25) is 11.8 Å². The van der Waals surface area contributed by atoms with E-state index in [1.165, 1.54) is 18.1 Å². The van der Waals surface area contributed by atoms with Gasteiger partial charge in [-0.15, -0.1) is 0 Å². The van der Waals surface area contributed by atoms with Gasteiger partial charge in [0.25, 0.3) is 0 Å². The summed E-state index contributed by atoms with van der Waals surface area (Å²) < 4.78 is 0. The second-order valence-corrected chi connectivity index (χ2v) is 5.79.